The Morgan fingerprint density at radius 1 is 1.06 bits per heavy atom. The molecule has 1 atom stereocenters. The number of hydrogen-bond acceptors (Lipinski definition) is 2. The van der Waals surface area contributed by atoms with E-state index in [0.717, 1.165) is 17.0 Å². The third kappa shape index (κ3) is 1.64. The number of benzene rings is 2. The predicted octanol–water partition coefficient (Wildman–Crippen LogP) is 3.13. The number of ether oxygens (including phenoxy) is 1. The molecule has 0 unspecified atom stereocenters. The Morgan fingerprint density at radius 2 is 1.72 bits per heavy atom. The summed E-state index contributed by atoms with van der Waals surface area (Å²) in [6.07, 6.45) is -0.360. The van der Waals surface area contributed by atoms with Crippen LogP contribution in [-0.2, 0) is 4.79 Å². The average Bonchev–Trinajstić information content (AvgIpc) is 2.79. The Hall–Kier alpha value is -2.29. The van der Waals surface area contributed by atoms with Crippen LogP contribution in [-0.4, -0.2) is 5.91 Å². The molecule has 0 fully saturated rings. The second-order valence-corrected chi connectivity index (χ2v) is 4.24. The van der Waals surface area contributed by atoms with Crippen molar-refractivity contribution >= 4 is 11.6 Å². The number of para-hydroxylation sites is 2. The molecule has 0 spiro atoms. The lowest BCUT2D eigenvalue weighted by molar-refractivity contribution is -0.117. The quantitative estimate of drug-likeness (QED) is 0.765. The minimum atomic E-state index is -0.360. The summed E-state index contributed by atoms with van der Waals surface area (Å²) in [5.41, 5.74) is 1.81. The summed E-state index contributed by atoms with van der Waals surface area (Å²) in [4.78, 5) is 13.5. The third-order valence-electron chi connectivity index (χ3n) is 3.02. The van der Waals surface area contributed by atoms with Gasteiger partial charge in [0, 0.05) is 12.5 Å². The van der Waals surface area contributed by atoms with E-state index in [0.29, 0.717) is 0 Å². The molecule has 1 aliphatic heterocycles. The number of carbonyl (C=O) groups is 1. The fourth-order valence-electron chi connectivity index (χ4n) is 2.22. The molecule has 2 aromatic carbocycles. The van der Waals surface area contributed by atoms with Crippen LogP contribution in [0.2, 0.25) is 0 Å². The van der Waals surface area contributed by atoms with Crippen LogP contribution in [0.1, 0.15) is 18.7 Å². The molecule has 0 N–H and O–H groups in total. The first-order chi connectivity index (χ1) is 8.77. The summed E-state index contributed by atoms with van der Waals surface area (Å²) in [5, 5.41) is 0. The van der Waals surface area contributed by atoms with Crippen molar-refractivity contribution in [1.29, 1.82) is 0 Å². The highest BCUT2D eigenvalue weighted by Crippen LogP contribution is 2.42. The second kappa shape index (κ2) is 4.18. The normalized spacial score (nSPS) is 17.2. The van der Waals surface area contributed by atoms with Gasteiger partial charge < -0.3 is 4.74 Å². The Bertz CT molecular complexity index is 580. The summed E-state index contributed by atoms with van der Waals surface area (Å²) >= 11 is 0. The number of nitrogens with zero attached hydrogens (tertiary/aromatic N) is 1. The van der Waals surface area contributed by atoms with Gasteiger partial charge in [0.2, 0.25) is 12.1 Å². The van der Waals surface area contributed by atoms with Gasteiger partial charge in [0.25, 0.3) is 0 Å². The van der Waals surface area contributed by atoms with Crippen LogP contribution in [0.25, 0.3) is 0 Å². The van der Waals surface area contributed by atoms with Crippen molar-refractivity contribution in [2.75, 3.05) is 4.90 Å². The van der Waals surface area contributed by atoms with Crippen molar-refractivity contribution < 1.29 is 9.53 Å². The van der Waals surface area contributed by atoms with E-state index in [1.54, 1.807) is 11.8 Å². The van der Waals surface area contributed by atoms with Gasteiger partial charge in [-0.3, -0.25) is 9.69 Å². The zero-order chi connectivity index (χ0) is 12.5. The zero-order valence-corrected chi connectivity index (χ0v) is 10.0. The van der Waals surface area contributed by atoms with E-state index in [4.69, 9.17) is 4.74 Å². The van der Waals surface area contributed by atoms with Crippen molar-refractivity contribution in [3.63, 3.8) is 0 Å². The van der Waals surface area contributed by atoms with Gasteiger partial charge in [-0.05, 0) is 12.1 Å². The molecular formula is C15H13NO2. The molecule has 1 heterocycles. The predicted molar refractivity (Wildman–Crippen MR) is 69.4 cm³/mol. The molecule has 1 amide bonds. The largest absolute Gasteiger partial charge is 0.464 e. The average molecular weight is 239 g/mol. The standard InChI is InChI=1S/C15H13NO2/c1-11(17)16-13-9-5-6-10-14(13)18-15(16)12-7-3-2-4-8-12/h2-10,15H,1H3/t15-/m1/s1. The molecule has 0 saturated heterocycles. The first-order valence-electron chi connectivity index (χ1n) is 5.88. The Morgan fingerprint density at radius 3 is 2.44 bits per heavy atom. The molecule has 3 nitrogen and oxygen atoms in total. The van der Waals surface area contributed by atoms with Crippen LogP contribution < -0.4 is 9.64 Å². The van der Waals surface area contributed by atoms with Crippen molar-refractivity contribution in [3.8, 4) is 5.75 Å². The van der Waals surface area contributed by atoms with Gasteiger partial charge in [-0.2, -0.15) is 0 Å². The maximum atomic E-state index is 11.8. The van der Waals surface area contributed by atoms with Gasteiger partial charge in [-0.15, -0.1) is 0 Å². The summed E-state index contributed by atoms with van der Waals surface area (Å²) in [5.74, 6) is 0.732. The van der Waals surface area contributed by atoms with Gasteiger partial charge >= 0.3 is 0 Å². The number of fused-ring (bicyclic) bond motifs is 1. The minimum Gasteiger partial charge on any atom is -0.464 e. The number of anilines is 1. The number of hydrogen-bond donors (Lipinski definition) is 0. The lowest BCUT2D eigenvalue weighted by Crippen LogP contribution is -2.31. The fourth-order valence-corrected chi connectivity index (χ4v) is 2.22. The topological polar surface area (TPSA) is 29.5 Å². The van der Waals surface area contributed by atoms with Crippen molar-refractivity contribution in [2.45, 2.75) is 13.2 Å². The van der Waals surface area contributed by atoms with E-state index in [1.807, 2.05) is 54.6 Å². The first kappa shape index (κ1) is 10.8. The molecule has 3 rings (SSSR count). The van der Waals surface area contributed by atoms with Crippen LogP contribution in [0.3, 0.4) is 0 Å². The molecule has 3 heteroatoms. The lowest BCUT2D eigenvalue weighted by atomic mass is 10.2. The number of rotatable bonds is 1. The van der Waals surface area contributed by atoms with Crippen LogP contribution in [0, 0.1) is 0 Å². The van der Waals surface area contributed by atoms with Gasteiger partial charge in [-0.1, -0.05) is 42.5 Å². The first-order valence-corrected chi connectivity index (χ1v) is 5.88. The molecular weight excluding hydrogens is 226 g/mol. The molecule has 0 radical (unpaired) electrons. The van der Waals surface area contributed by atoms with Crippen molar-refractivity contribution in [3.05, 3.63) is 60.2 Å². The molecule has 0 aromatic heterocycles. The Kier molecular flexibility index (Phi) is 2.52. The van der Waals surface area contributed by atoms with Gasteiger partial charge in [-0.25, -0.2) is 0 Å². The highest BCUT2D eigenvalue weighted by molar-refractivity contribution is 5.95. The fraction of sp³-hybridized carbons (Fsp3) is 0.133. The van der Waals surface area contributed by atoms with Crippen LogP contribution in [0.5, 0.6) is 5.75 Å². The van der Waals surface area contributed by atoms with Crippen molar-refractivity contribution in [2.24, 2.45) is 0 Å². The minimum absolute atomic E-state index is 0.0196. The molecule has 0 aliphatic carbocycles. The van der Waals surface area contributed by atoms with Gasteiger partial charge in [0.1, 0.15) is 5.75 Å². The maximum absolute atomic E-state index is 11.8. The maximum Gasteiger partial charge on any atom is 0.227 e. The summed E-state index contributed by atoms with van der Waals surface area (Å²) in [6.45, 7) is 1.56. The van der Waals surface area contributed by atoms with E-state index in [9.17, 15) is 4.79 Å². The number of carbonyl (C=O) groups excluding carboxylic acids is 1. The highest BCUT2D eigenvalue weighted by atomic mass is 16.5. The van der Waals surface area contributed by atoms with Crippen LogP contribution in [0.4, 0.5) is 5.69 Å². The number of amides is 1. The molecule has 2 aromatic rings. The van der Waals surface area contributed by atoms with Gasteiger partial charge in [0.05, 0.1) is 5.69 Å². The highest BCUT2D eigenvalue weighted by Gasteiger charge is 2.34. The lowest BCUT2D eigenvalue weighted by Gasteiger charge is -2.22. The molecule has 0 saturated carbocycles. The second-order valence-electron chi connectivity index (χ2n) is 4.24. The Balaban J connectivity index is 2.06. The van der Waals surface area contributed by atoms with Crippen LogP contribution in [0.15, 0.2) is 54.6 Å². The van der Waals surface area contributed by atoms with E-state index in [1.165, 1.54) is 0 Å². The third-order valence-corrected chi connectivity index (χ3v) is 3.02. The van der Waals surface area contributed by atoms with E-state index in [-0.39, 0.29) is 12.1 Å². The molecule has 0 bridgehead atoms. The van der Waals surface area contributed by atoms with Gasteiger partial charge in [0.15, 0.2) is 0 Å². The monoisotopic (exact) mass is 239 g/mol. The summed E-state index contributed by atoms with van der Waals surface area (Å²) in [7, 11) is 0. The summed E-state index contributed by atoms with van der Waals surface area (Å²) < 4.78 is 5.87. The van der Waals surface area contributed by atoms with E-state index >= 15 is 0 Å². The van der Waals surface area contributed by atoms with E-state index < -0.39 is 0 Å². The Labute approximate surface area is 106 Å². The SMILES string of the molecule is CC(=O)N1c2ccccc2O[C@@H]1c1ccccc1. The van der Waals surface area contributed by atoms with Crippen LogP contribution >= 0.6 is 0 Å². The molecule has 1 aliphatic rings. The molecule has 90 valence electrons. The zero-order valence-electron chi connectivity index (χ0n) is 10.0. The molecule has 18 heavy (non-hydrogen) atoms. The van der Waals surface area contributed by atoms with Crippen molar-refractivity contribution in [1.82, 2.24) is 0 Å². The van der Waals surface area contributed by atoms with E-state index in [2.05, 4.69) is 0 Å². The smallest absolute Gasteiger partial charge is 0.227 e. The summed E-state index contributed by atoms with van der Waals surface area (Å²) in [6, 6.07) is 17.4.